The predicted octanol–water partition coefficient (Wildman–Crippen LogP) is 1.32. The number of nitrogens with one attached hydrogen (secondary N) is 1. The van der Waals surface area contributed by atoms with Crippen LogP contribution in [0.4, 0.5) is 0 Å². The largest absolute Gasteiger partial charge is 0.333 e. The first-order valence-corrected chi connectivity index (χ1v) is 7.57. The van der Waals surface area contributed by atoms with Crippen molar-refractivity contribution < 1.29 is 4.79 Å². The van der Waals surface area contributed by atoms with Gasteiger partial charge in [-0.25, -0.2) is 9.67 Å². The third-order valence-electron chi connectivity index (χ3n) is 3.98. The van der Waals surface area contributed by atoms with Crippen molar-refractivity contribution in [2.24, 2.45) is 0 Å². The minimum absolute atomic E-state index is 0.0430. The fraction of sp³-hybridized carbons (Fsp3) is 0.438. The highest BCUT2D eigenvalue weighted by Gasteiger charge is 2.24. The number of aryl methyl sites for hydroxylation is 2. The average molecular weight is 299 g/mol. The smallest absolute Gasteiger partial charge is 0.255 e. The van der Waals surface area contributed by atoms with Crippen molar-refractivity contribution in [2.75, 3.05) is 19.6 Å². The molecule has 6 heteroatoms. The average Bonchev–Trinajstić information content (AvgIpc) is 2.86. The number of hydrogen-bond donors (Lipinski definition) is 1. The number of aromatic nitrogens is 3. The van der Waals surface area contributed by atoms with Crippen LogP contribution in [0.25, 0.3) is 5.82 Å². The molecule has 3 rings (SSSR count). The molecule has 1 N–H and O–H groups in total. The van der Waals surface area contributed by atoms with Crippen LogP contribution in [-0.2, 0) is 0 Å². The number of amides is 1. The second kappa shape index (κ2) is 5.88. The number of nitrogens with zero attached hydrogens (tertiary/aromatic N) is 4. The van der Waals surface area contributed by atoms with Gasteiger partial charge in [0.25, 0.3) is 5.91 Å². The van der Waals surface area contributed by atoms with E-state index in [0.717, 1.165) is 36.8 Å². The first-order valence-electron chi connectivity index (χ1n) is 7.57. The molecule has 1 aliphatic rings. The summed E-state index contributed by atoms with van der Waals surface area (Å²) >= 11 is 0. The molecule has 1 atom stereocenters. The molecule has 0 saturated carbocycles. The van der Waals surface area contributed by atoms with Gasteiger partial charge < -0.3 is 10.2 Å². The van der Waals surface area contributed by atoms with E-state index in [1.165, 1.54) is 0 Å². The van der Waals surface area contributed by atoms with Crippen molar-refractivity contribution in [3.63, 3.8) is 0 Å². The van der Waals surface area contributed by atoms with E-state index in [1.54, 1.807) is 10.9 Å². The summed E-state index contributed by atoms with van der Waals surface area (Å²) in [6.07, 6.45) is 1.64. The molecular formula is C16H21N5O. The zero-order valence-corrected chi connectivity index (χ0v) is 13.2. The summed E-state index contributed by atoms with van der Waals surface area (Å²) in [4.78, 5) is 18.9. The van der Waals surface area contributed by atoms with Gasteiger partial charge in [0.1, 0.15) is 0 Å². The Hall–Kier alpha value is -2.21. The van der Waals surface area contributed by atoms with E-state index in [4.69, 9.17) is 0 Å². The lowest BCUT2D eigenvalue weighted by Crippen LogP contribution is -2.52. The molecule has 3 heterocycles. The van der Waals surface area contributed by atoms with Crippen LogP contribution in [-0.4, -0.2) is 51.2 Å². The third-order valence-corrected chi connectivity index (χ3v) is 3.98. The highest BCUT2D eigenvalue weighted by Crippen LogP contribution is 2.13. The van der Waals surface area contributed by atoms with Crippen molar-refractivity contribution >= 4 is 5.91 Å². The number of rotatable bonds is 2. The van der Waals surface area contributed by atoms with Crippen LogP contribution in [0.2, 0.25) is 0 Å². The number of hydrogen-bond acceptors (Lipinski definition) is 4. The van der Waals surface area contributed by atoms with Crippen LogP contribution in [0.3, 0.4) is 0 Å². The summed E-state index contributed by atoms with van der Waals surface area (Å²) < 4.78 is 1.79. The number of pyridine rings is 1. The van der Waals surface area contributed by atoms with Gasteiger partial charge >= 0.3 is 0 Å². The van der Waals surface area contributed by atoms with Crippen molar-refractivity contribution in [2.45, 2.75) is 26.8 Å². The molecule has 1 amide bonds. The Morgan fingerprint density at radius 1 is 1.36 bits per heavy atom. The Kier molecular flexibility index (Phi) is 3.94. The normalized spacial score (nSPS) is 18.5. The van der Waals surface area contributed by atoms with Crippen molar-refractivity contribution in [1.29, 1.82) is 0 Å². The fourth-order valence-corrected chi connectivity index (χ4v) is 2.81. The topological polar surface area (TPSA) is 63.1 Å². The summed E-state index contributed by atoms with van der Waals surface area (Å²) in [5.41, 5.74) is 2.60. The molecule has 0 aromatic carbocycles. The van der Waals surface area contributed by atoms with Gasteiger partial charge in [0.2, 0.25) is 0 Å². The Morgan fingerprint density at radius 3 is 2.77 bits per heavy atom. The van der Waals surface area contributed by atoms with E-state index >= 15 is 0 Å². The molecule has 22 heavy (non-hydrogen) atoms. The zero-order chi connectivity index (χ0) is 15.7. The van der Waals surface area contributed by atoms with Gasteiger partial charge in [0.05, 0.1) is 11.3 Å². The van der Waals surface area contributed by atoms with Crippen molar-refractivity contribution in [3.05, 3.63) is 41.3 Å². The SMILES string of the molecule is Cc1cc(C)n(-c2ccc(C(=O)N3CCNC[C@H]3C)cn2)n1. The van der Waals surface area contributed by atoms with E-state index in [0.29, 0.717) is 5.56 Å². The number of carbonyl (C=O) groups is 1. The predicted molar refractivity (Wildman–Crippen MR) is 84.2 cm³/mol. The molecule has 1 aliphatic heterocycles. The van der Waals surface area contributed by atoms with Gasteiger partial charge in [-0.3, -0.25) is 4.79 Å². The lowest BCUT2D eigenvalue weighted by Gasteiger charge is -2.33. The van der Waals surface area contributed by atoms with E-state index in [2.05, 4.69) is 22.3 Å². The number of carbonyl (C=O) groups excluding carboxylic acids is 1. The third kappa shape index (κ3) is 2.74. The summed E-state index contributed by atoms with van der Waals surface area (Å²) in [5, 5.41) is 7.70. The molecule has 0 aliphatic carbocycles. The molecule has 1 saturated heterocycles. The standard InChI is InChI=1S/C16H21N5O/c1-11-8-12(2)21(19-11)15-5-4-14(10-18-15)16(22)20-7-6-17-9-13(20)3/h4-5,8,10,13,17H,6-7,9H2,1-3H3/t13-/m1/s1. The molecule has 6 nitrogen and oxygen atoms in total. The lowest BCUT2D eigenvalue weighted by atomic mass is 10.1. The van der Waals surface area contributed by atoms with Crippen LogP contribution < -0.4 is 5.32 Å². The quantitative estimate of drug-likeness (QED) is 0.908. The summed E-state index contributed by atoms with van der Waals surface area (Å²) in [6.45, 7) is 8.41. The van der Waals surface area contributed by atoms with Crippen LogP contribution in [0.1, 0.15) is 28.7 Å². The summed E-state index contributed by atoms with van der Waals surface area (Å²) in [5.74, 6) is 0.775. The van der Waals surface area contributed by atoms with Gasteiger partial charge in [-0.2, -0.15) is 5.10 Å². The minimum atomic E-state index is 0.0430. The molecule has 0 bridgehead atoms. The van der Waals surface area contributed by atoms with E-state index in [1.807, 2.05) is 36.9 Å². The van der Waals surface area contributed by atoms with E-state index in [9.17, 15) is 4.79 Å². The molecule has 2 aromatic rings. The molecule has 1 fully saturated rings. The van der Waals surface area contributed by atoms with Crippen LogP contribution in [0.15, 0.2) is 24.4 Å². The molecular weight excluding hydrogens is 278 g/mol. The monoisotopic (exact) mass is 299 g/mol. The Morgan fingerprint density at radius 2 is 2.18 bits per heavy atom. The number of piperazine rings is 1. The maximum atomic E-state index is 12.6. The maximum absolute atomic E-state index is 12.6. The van der Waals surface area contributed by atoms with Crippen molar-refractivity contribution in [3.8, 4) is 5.82 Å². The van der Waals surface area contributed by atoms with E-state index in [-0.39, 0.29) is 11.9 Å². The summed E-state index contributed by atoms with van der Waals surface area (Å²) in [7, 11) is 0. The van der Waals surface area contributed by atoms with Gasteiger partial charge in [0, 0.05) is 37.6 Å². The molecule has 0 unspecified atom stereocenters. The van der Waals surface area contributed by atoms with E-state index < -0.39 is 0 Å². The van der Waals surface area contributed by atoms with Crippen LogP contribution in [0, 0.1) is 13.8 Å². The highest BCUT2D eigenvalue weighted by atomic mass is 16.2. The minimum Gasteiger partial charge on any atom is -0.333 e. The van der Waals surface area contributed by atoms with Gasteiger partial charge in [-0.1, -0.05) is 0 Å². The van der Waals surface area contributed by atoms with Crippen LogP contribution >= 0.6 is 0 Å². The summed E-state index contributed by atoms with van der Waals surface area (Å²) in [6, 6.07) is 5.88. The lowest BCUT2D eigenvalue weighted by molar-refractivity contribution is 0.0655. The van der Waals surface area contributed by atoms with Gasteiger partial charge in [-0.15, -0.1) is 0 Å². The van der Waals surface area contributed by atoms with Gasteiger partial charge in [0.15, 0.2) is 5.82 Å². The first-order chi connectivity index (χ1) is 10.6. The second-order valence-corrected chi connectivity index (χ2v) is 5.80. The van der Waals surface area contributed by atoms with Crippen molar-refractivity contribution in [1.82, 2.24) is 25.0 Å². The Bertz CT molecular complexity index is 676. The Balaban J connectivity index is 1.82. The van der Waals surface area contributed by atoms with Crippen LogP contribution in [0.5, 0.6) is 0 Å². The first kappa shape index (κ1) is 14.7. The maximum Gasteiger partial charge on any atom is 0.255 e. The molecule has 116 valence electrons. The molecule has 0 spiro atoms. The second-order valence-electron chi connectivity index (χ2n) is 5.80. The zero-order valence-electron chi connectivity index (χ0n) is 13.2. The van der Waals surface area contributed by atoms with Gasteiger partial charge in [-0.05, 0) is 39.0 Å². The Labute approximate surface area is 130 Å². The highest BCUT2D eigenvalue weighted by molar-refractivity contribution is 5.94. The molecule has 0 radical (unpaired) electrons. The fourth-order valence-electron chi connectivity index (χ4n) is 2.81. The molecule has 2 aromatic heterocycles.